The summed E-state index contributed by atoms with van der Waals surface area (Å²) in [7, 11) is 0. The van der Waals surface area contributed by atoms with Crippen molar-refractivity contribution in [2.45, 2.75) is 39.0 Å². The van der Waals surface area contributed by atoms with Crippen molar-refractivity contribution in [1.82, 2.24) is 4.90 Å². The fourth-order valence-corrected chi connectivity index (χ4v) is 4.42. The second-order valence-corrected chi connectivity index (χ2v) is 8.69. The molecule has 2 aromatic carbocycles. The van der Waals surface area contributed by atoms with E-state index in [-0.39, 0.29) is 11.5 Å². The lowest BCUT2D eigenvalue weighted by Gasteiger charge is -2.35. The Morgan fingerprint density at radius 3 is 2.35 bits per heavy atom. The van der Waals surface area contributed by atoms with Gasteiger partial charge in [-0.3, -0.25) is 9.59 Å². The molecule has 2 amide bonds. The lowest BCUT2D eigenvalue weighted by atomic mass is 9.97. The highest BCUT2D eigenvalue weighted by Gasteiger charge is 2.26. The summed E-state index contributed by atoms with van der Waals surface area (Å²) in [4.78, 5) is 30.2. The van der Waals surface area contributed by atoms with Gasteiger partial charge in [-0.05, 0) is 68.4 Å². The van der Waals surface area contributed by atoms with E-state index >= 15 is 0 Å². The van der Waals surface area contributed by atoms with Gasteiger partial charge in [0.15, 0.2) is 0 Å². The van der Waals surface area contributed by atoms with Crippen LogP contribution in [-0.2, 0) is 0 Å². The highest BCUT2D eigenvalue weighted by Crippen LogP contribution is 2.30. The molecule has 4 rings (SSSR count). The second-order valence-electron chi connectivity index (χ2n) is 8.69. The van der Waals surface area contributed by atoms with Crippen molar-refractivity contribution in [3.8, 4) is 0 Å². The predicted molar refractivity (Wildman–Crippen MR) is 121 cm³/mol. The molecule has 0 saturated carbocycles. The van der Waals surface area contributed by atoms with E-state index in [0.717, 1.165) is 64.0 Å². The zero-order chi connectivity index (χ0) is 21.8. The zero-order valence-electron chi connectivity index (χ0n) is 18.1. The van der Waals surface area contributed by atoms with Crippen molar-refractivity contribution in [2.24, 2.45) is 5.92 Å². The van der Waals surface area contributed by atoms with E-state index in [2.05, 4.69) is 17.1 Å². The van der Waals surface area contributed by atoms with Crippen LogP contribution in [0.2, 0.25) is 0 Å². The number of anilines is 2. The van der Waals surface area contributed by atoms with E-state index in [0.29, 0.717) is 17.2 Å². The van der Waals surface area contributed by atoms with Gasteiger partial charge < -0.3 is 15.1 Å². The van der Waals surface area contributed by atoms with Gasteiger partial charge >= 0.3 is 0 Å². The molecule has 0 aromatic heterocycles. The van der Waals surface area contributed by atoms with Gasteiger partial charge in [0.05, 0.1) is 11.1 Å². The van der Waals surface area contributed by atoms with Crippen LogP contribution in [0.15, 0.2) is 42.5 Å². The molecule has 2 heterocycles. The largest absolute Gasteiger partial charge is 0.371 e. The van der Waals surface area contributed by atoms with Crippen LogP contribution in [0, 0.1) is 11.7 Å². The SMILES string of the molecule is CC1CCN(c2ccc(NC(=O)c3ccccc3F)cc2C(=O)N2CCCCC2)CC1. The van der Waals surface area contributed by atoms with Gasteiger partial charge in [0, 0.05) is 37.6 Å². The van der Waals surface area contributed by atoms with Gasteiger partial charge in [0.25, 0.3) is 11.8 Å². The molecule has 6 heteroatoms. The van der Waals surface area contributed by atoms with Crippen LogP contribution < -0.4 is 10.2 Å². The van der Waals surface area contributed by atoms with Gasteiger partial charge in [-0.1, -0.05) is 19.1 Å². The summed E-state index contributed by atoms with van der Waals surface area (Å²) in [5, 5.41) is 2.77. The van der Waals surface area contributed by atoms with Crippen molar-refractivity contribution < 1.29 is 14.0 Å². The number of carbonyl (C=O) groups is 2. The number of likely N-dealkylation sites (tertiary alicyclic amines) is 1. The molecular weight excluding hydrogens is 393 g/mol. The number of benzene rings is 2. The molecule has 0 unspecified atom stereocenters. The molecule has 164 valence electrons. The van der Waals surface area contributed by atoms with Crippen molar-refractivity contribution in [1.29, 1.82) is 0 Å². The van der Waals surface area contributed by atoms with Crippen LogP contribution in [-0.4, -0.2) is 42.9 Å². The van der Waals surface area contributed by atoms with Crippen LogP contribution in [0.3, 0.4) is 0 Å². The minimum absolute atomic E-state index is 0.00955. The highest BCUT2D eigenvalue weighted by molar-refractivity contribution is 6.06. The molecule has 2 aliphatic rings. The van der Waals surface area contributed by atoms with E-state index in [1.54, 1.807) is 24.3 Å². The number of rotatable bonds is 4. The Labute approximate surface area is 183 Å². The summed E-state index contributed by atoms with van der Waals surface area (Å²) in [5.41, 5.74) is 2.03. The summed E-state index contributed by atoms with van der Waals surface area (Å²) in [6, 6.07) is 11.4. The molecule has 2 saturated heterocycles. The summed E-state index contributed by atoms with van der Waals surface area (Å²) in [5.74, 6) is -0.384. The number of piperidine rings is 2. The van der Waals surface area contributed by atoms with E-state index in [1.807, 2.05) is 11.0 Å². The third kappa shape index (κ3) is 4.89. The number of hydrogen-bond donors (Lipinski definition) is 1. The van der Waals surface area contributed by atoms with E-state index in [9.17, 15) is 14.0 Å². The number of carbonyl (C=O) groups excluding carboxylic acids is 2. The summed E-state index contributed by atoms with van der Waals surface area (Å²) < 4.78 is 14.0. The normalized spacial score (nSPS) is 17.5. The minimum atomic E-state index is -0.566. The maximum atomic E-state index is 14.0. The quantitative estimate of drug-likeness (QED) is 0.758. The number of hydrogen-bond acceptors (Lipinski definition) is 3. The van der Waals surface area contributed by atoms with E-state index in [4.69, 9.17) is 0 Å². The Kier molecular flexibility index (Phi) is 6.54. The van der Waals surface area contributed by atoms with Gasteiger partial charge in [-0.15, -0.1) is 0 Å². The Balaban J connectivity index is 1.62. The zero-order valence-corrected chi connectivity index (χ0v) is 18.1. The molecule has 0 atom stereocenters. The third-order valence-electron chi connectivity index (χ3n) is 6.37. The van der Waals surface area contributed by atoms with Crippen LogP contribution in [0.4, 0.5) is 15.8 Å². The molecule has 31 heavy (non-hydrogen) atoms. The van der Waals surface area contributed by atoms with Gasteiger partial charge in [0.1, 0.15) is 5.82 Å². The molecule has 1 N–H and O–H groups in total. The Morgan fingerprint density at radius 1 is 0.935 bits per heavy atom. The topological polar surface area (TPSA) is 52.7 Å². The highest BCUT2D eigenvalue weighted by atomic mass is 19.1. The first-order valence-corrected chi connectivity index (χ1v) is 11.3. The Bertz CT molecular complexity index is 948. The maximum Gasteiger partial charge on any atom is 0.258 e. The second kappa shape index (κ2) is 9.50. The van der Waals surface area contributed by atoms with Crippen molar-refractivity contribution >= 4 is 23.2 Å². The van der Waals surface area contributed by atoms with Gasteiger partial charge in [-0.2, -0.15) is 0 Å². The van der Waals surface area contributed by atoms with E-state index in [1.165, 1.54) is 12.1 Å². The molecule has 2 aromatic rings. The van der Waals surface area contributed by atoms with E-state index < -0.39 is 11.7 Å². The number of amides is 2. The Morgan fingerprint density at radius 2 is 1.65 bits per heavy atom. The predicted octanol–water partition coefficient (Wildman–Crippen LogP) is 4.94. The molecule has 5 nitrogen and oxygen atoms in total. The van der Waals surface area contributed by atoms with Crippen LogP contribution >= 0.6 is 0 Å². The maximum absolute atomic E-state index is 14.0. The van der Waals surface area contributed by atoms with Gasteiger partial charge in [-0.25, -0.2) is 4.39 Å². The standard InChI is InChI=1S/C25H30FN3O2/c1-18-11-15-28(16-12-18)23-10-9-19(27-24(30)20-7-3-4-8-22(20)26)17-21(23)25(31)29-13-5-2-6-14-29/h3-4,7-10,17-18H,2,5-6,11-16H2,1H3,(H,27,30). The fraction of sp³-hybridized carbons (Fsp3) is 0.440. The van der Waals surface area contributed by atoms with Crippen LogP contribution in [0.1, 0.15) is 59.7 Å². The van der Waals surface area contributed by atoms with Gasteiger partial charge in [0.2, 0.25) is 0 Å². The van der Waals surface area contributed by atoms with Crippen LogP contribution in [0.25, 0.3) is 0 Å². The first-order chi connectivity index (χ1) is 15.0. The fourth-order valence-electron chi connectivity index (χ4n) is 4.42. The average Bonchev–Trinajstić information content (AvgIpc) is 2.80. The summed E-state index contributed by atoms with van der Waals surface area (Å²) >= 11 is 0. The molecule has 0 spiro atoms. The molecule has 0 aliphatic carbocycles. The molecule has 0 bridgehead atoms. The molecule has 0 radical (unpaired) electrons. The first kappa shape index (κ1) is 21.3. The molecule has 2 fully saturated rings. The number of nitrogens with zero attached hydrogens (tertiary/aromatic N) is 2. The van der Waals surface area contributed by atoms with Crippen LogP contribution in [0.5, 0.6) is 0 Å². The summed E-state index contributed by atoms with van der Waals surface area (Å²) in [6.07, 6.45) is 5.39. The average molecular weight is 424 g/mol. The summed E-state index contributed by atoms with van der Waals surface area (Å²) in [6.45, 7) is 5.63. The van der Waals surface area contributed by atoms with Crippen molar-refractivity contribution in [3.63, 3.8) is 0 Å². The minimum Gasteiger partial charge on any atom is -0.371 e. The smallest absolute Gasteiger partial charge is 0.258 e. The monoisotopic (exact) mass is 423 g/mol. The first-order valence-electron chi connectivity index (χ1n) is 11.3. The van der Waals surface area contributed by atoms with Crippen molar-refractivity contribution in [3.05, 3.63) is 59.4 Å². The third-order valence-corrected chi connectivity index (χ3v) is 6.37. The molecule has 2 aliphatic heterocycles. The lowest BCUT2D eigenvalue weighted by Crippen LogP contribution is -2.38. The Hall–Kier alpha value is -2.89. The lowest BCUT2D eigenvalue weighted by molar-refractivity contribution is 0.0724. The molecular formula is C25H30FN3O2. The number of halogens is 1. The van der Waals surface area contributed by atoms with Crippen molar-refractivity contribution in [2.75, 3.05) is 36.4 Å². The number of nitrogens with one attached hydrogen (secondary N) is 1.